The van der Waals surface area contributed by atoms with Gasteiger partial charge in [-0.05, 0) is 62.7 Å². The van der Waals surface area contributed by atoms with Gasteiger partial charge in [0.1, 0.15) is 18.1 Å². The van der Waals surface area contributed by atoms with Crippen molar-refractivity contribution in [1.29, 1.82) is 0 Å². The van der Waals surface area contributed by atoms with Crippen LogP contribution < -0.4 is 4.74 Å². The van der Waals surface area contributed by atoms with Crippen molar-refractivity contribution < 1.29 is 22.7 Å². The fourth-order valence-electron chi connectivity index (χ4n) is 2.52. The number of hydrogen-bond acceptors (Lipinski definition) is 6. The lowest BCUT2D eigenvalue weighted by molar-refractivity contribution is -0.133. The third-order valence-electron chi connectivity index (χ3n) is 4.05. The maximum absolute atomic E-state index is 12.6. The minimum atomic E-state index is -3.55. The maximum atomic E-state index is 12.6. The smallest absolute Gasteiger partial charge is 0.338 e. The number of aryl methyl sites for hydroxylation is 1. The summed E-state index contributed by atoms with van der Waals surface area (Å²) in [6.45, 7) is 5.18. The predicted molar refractivity (Wildman–Crippen MR) is 96.7 cm³/mol. The number of carbonyl (C=O) groups is 1. The van der Waals surface area contributed by atoms with Gasteiger partial charge < -0.3 is 9.47 Å². The third kappa shape index (κ3) is 3.48. The zero-order valence-corrected chi connectivity index (χ0v) is 15.5. The largest absolute Gasteiger partial charge is 0.458 e. The number of rotatable bonds is 5. The van der Waals surface area contributed by atoms with Gasteiger partial charge in [0.25, 0.3) is 0 Å². The Kier molecular flexibility index (Phi) is 4.82. The van der Waals surface area contributed by atoms with Crippen molar-refractivity contribution in [2.75, 3.05) is 6.61 Å². The Bertz CT molecular complexity index is 993. The first-order valence-electron chi connectivity index (χ1n) is 8.15. The molecule has 0 atom stereocenters. The van der Waals surface area contributed by atoms with Gasteiger partial charge in [-0.1, -0.05) is 0 Å². The number of aromatic nitrogens is 1. The minimum absolute atomic E-state index is 0.0992. The highest BCUT2D eigenvalue weighted by Gasteiger charge is 2.25. The summed E-state index contributed by atoms with van der Waals surface area (Å²) in [6, 6.07) is 8.05. The van der Waals surface area contributed by atoms with Crippen LogP contribution >= 0.6 is 0 Å². The lowest BCUT2D eigenvalue weighted by Gasteiger charge is -2.14. The molecule has 2 aromatic rings. The molecule has 26 heavy (non-hydrogen) atoms. The summed E-state index contributed by atoms with van der Waals surface area (Å²) in [5, 5.41) is -0.602. The number of pyridine rings is 1. The highest BCUT2D eigenvalue weighted by molar-refractivity contribution is 7.92. The molecule has 0 amide bonds. The first-order chi connectivity index (χ1) is 12.3. The van der Waals surface area contributed by atoms with E-state index >= 15 is 0 Å². The molecule has 0 aliphatic carbocycles. The van der Waals surface area contributed by atoms with Crippen LogP contribution in [0.3, 0.4) is 0 Å². The van der Waals surface area contributed by atoms with Gasteiger partial charge in [0.15, 0.2) is 9.84 Å². The van der Waals surface area contributed by atoms with Crippen molar-refractivity contribution in [1.82, 2.24) is 4.98 Å². The topological polar surface area (TPSA) is 82.6 Å². The van der Waals surface area contributed by atoms with Crippen LogP contribution in [0.25, 0.3) is 5.57 Å². The van der Waals surface area contributed by atoms with Gasteiger partial charge in [-0.3, -0.25) is 4.98 Å². The number of sulfone groups is 1. The van der Waals surface area contributed by atoms with Gasteiger partial charge in [-0.2, -0.15) is 0 Å². The zero-order valence-electron chi connectivity index (χ0n) is 14.7. The van der Waals surface area contributed by atoms with Gasteiger partial charge in [0.2, 0.25) is 0 Å². The van der Waals surface area contributed by atoms with E-state index in [1.807, 2.05) is 0 Å². The van der Waals surface area contributed by atoms with Gasteiger partial charge in [0.05, 0.1) is 21.4 Å². The monoisotopic (exact) mass is 373 g/mol. The van der Waals surface area contributed by atoms with E-state index in [0.717, 1.165) is 0 Å². The van der Waals surface area contributed by atoms with Crippen molar-refractivity contribution in [3.63, 3.8) is 0 Å². The number of esters is 1. The second-order valence-corrected chi connectivity index (χ2v) is 8.70. The van der Waals surface area contributed by atoms with Crippen LogP contribution in [-0.2, 0) is 19.4 Å². The zero-order chi connectivity index (χ0) is 18.9. The summed E-state index contributed by atoms with van der Waals surface area (Å²) >= 11 is 0. The summed E-state index contributed by atoms with van der Waals surface area (Å²) in [4.78, 5) is 16.2. The Morgan fingerprint density at radius 2 is 2.00 bits per heavy atom. The minimum Gasteiger partial charge on any atom is -0.458 e. The Morgan fingerprint density at radius 1 is 1.23 bits per heavy atom. The van der Waals surface area contributed by atoms with Crippen LogP contribution in [0.4, 0.5) is 0 Å². The molecule has 6 nitrogen and oxygen atoms in total. The molecular weight excluding hydrogens is 354 g/mol. The van der Waals surface area contributed by atoms with E-state index in [-0.39, 0.29) is 11.5 Å². The van der Waals surface area contributed by atoms with Gasteiger partial charge >= 0.3 is 5.97 Å². The number of nitrogens with zero attached hydrogens (tertiary/aromatic N) is 1. The molecule has 0 bridgehead atoms. The molecule has 0 unspecified atom stereocenters. The molecule has 1 aromatic carbocycles. The molecule has 0 N–H and O–H groups in total. The van der Waals surface area contributed by atoms with Crippen LogP contribution in [0.15, 0.2) is 47.5 Å². The summed E-state index contributed by atoms with van der Waals surface area (Å²) < 4.78 is 36.1. The van der Waals surface area contributed by atoms with Crippen LogP contribution in [0.2, 0.25) is 0 Å². The number of ether oxygens (including phenoxy) is 2. The molecule has 0 saturated carbocycles. The lowest BCUT2D eigenvalue weighted by Crippen LogP contribution is -2.14. The standard InChI is InChI=1S/C19H19NO5S/c1-12(2)26(22,23)16-10-14(17-6-8-24-19(17)21)9-15(11-16)25-18-5-4-7-20-13(18)3/h4-7,9-12H,8H2,1-3H3. The second-order valence-electron chi connectivity index (χ2n) is 6.19. The van der Waals surface area contributed by atoms with E-state index in [2.05, 4.69) is 4.98 Å². The van der Waals surface area contributed by atoms with E-state index in [4.69, 9.17) is 9.47 Å². The molecule has 1 aliphatic rings. The molecule has 0 spiro atoms. The first-order valence-corrected chi connectivity index (χ1v) is 9.70. The molecule has 3 rings (SSSR count). The average molecular weight is 373 g/mol. The molecular formula is C19H19NO5S. The SMILES string of the molecule is Cc1ncccc1Oc1cc(C2=CCOC2=O)cc(S(=O)(=O)C(C)C)c1. The summed E-state index contributed by atoms with van der Waals surface area (Å²) in [5.41, 5.74) is 1.45. The number of cyclic esters (lactones) is 1. The fourth-order valence-corrected chi connectivity index (χ4v) is 3.64. The highest BCUT2D eigenvalue weighted by Crippen LogP contribution is 2.32. The van der Waals surface area contributed by atoms with Crippen molar-refractivity contribution in [2.24, 2.45) is 0 Å². The van der Waals surface area contributed by atoms with Gasteiger partial charge in [0, 0.05) is 6.20 Å². The number of benzene rings is 1. The quantitative estimate of drug-likeness (QED) is 0.748. The van der Waals surface area contributed by atoms with Crippen molar-refractivity contribution in [2.45, 2.75) is 30.9 Å². The van der Waals surface area contributed by atoms with Gasteiger partial charge in [-0.25, -0.2) is 13.2 Å². The maximum Gasteiger partial charge on any atom is 0.338 e. The second kappa shape index (κ2) is 6.92. The average Bonchev–Trinajstić information content (AvgIpc) is 3.02. The Morgan fingerprint density at radius 3 is 2.62 bits per heavy atom. The van der Waals surface area contributed by atoms with Crippen LogP contribution in [0, 0.1) is 6.92 Å². The lowest BCUT2D eigenvalue weighted by atomic mass is 10.1. The molecule has 136 valence electrons. The van der Waals surface area contributed by atoms with E-state index < -0.39 is 21.1 Å². The van der Waals surface area contributed by atoms with Gasteiger partial charge in [-0.15, -0.1) is 0 Å². The summed E-state index contributed by atoms with van der Waals surface area (Å²) in [6.07, 6.45) is 3.27. The van der Waals surface area contributed by atoms with Crippen LogP contribution in [-0.4, -0.2) is 31.2 Å². The van der Waals surface area contributed by atoms with Crippen LogP contribution in [0.5, 0.6) is 11.5 Å². The third-order valence-corrected chi connectivity index (χ3v) is 6.18. The molecule has 1 aliphatic heterocycles. The first kappa shape index (κ1) is 18.1. The van der Waals surface area contributed by atoms with E-state index in [0.29, 0.717) is 28.3 Å². The Balaban J connectivity index is 2.12. The van der Waals surface area contributed by atoms with Crippen LogP contribution in [0.1, 0.15) is 25.1 Å². The molecule has 1 aromatic heterocycles. The molecule has 0 fully saturated rings. The van der Waals surface area contributed by atoms with Crippen molar-refractivity contribution in [3.05, 3.63) is 53.9 Å². The number of hydrogen-bond donors (Lipinski definition) is 0. The van der Waals surface area contributed by atoms with Crippen molar-refractivity contribution in [3.8, 4) is 11.5 Å². The van der Waals surface area contributed by atoms with E-state index in [1.54, 1.807) is 51.2 Å². The molecule has 0 saturated heterocycles. The molecule has 7 heteroatoms. The predicted octanol–water partition coefficient (Wildman–Crippen LogP) is 3.30. The molecule has 0 radical (unpaired) electrons. The summed E-state index contributed by atoms with van der Waals surface area (Å²) in [7, 11) is -3.55. The highest BCUT2D eigenvalue weighted by atomic mass is 32.2. The Hall–Kier alpha value is -2.67. The van der Waals surface area contributed by atoms with E-state index in [9.17, 15) is 13.2 Å². The van der Waals surface area contributed by atoms with E-state index in [1.165, 1.54) is 12.1 Å². The fraction of sp³-hybridized carbons (Fsp3) is 0.263. The molecule has 2 heterocycles. The Labute approximate surface area is 152 Å². The van der Waals surface area contributed by atoms with Crippen molar-refractivity contribution >= 4 is 21.4 Å². The summed E-state index contributed by atoms with van der Waals surface area (Å²) in [5.74, 6) is 0.353. The number of carbonyl (C=O) groups excluding carboxylic acids is 1. The normalized spacial score (nSPS) is 14.3.